The van der Waals surface area contributed by atoms with Gasteiger partial charge in [0.2, 0.25) is 5.91 Å². The summed E-state index contributed by atoms with van der Waals surface area (Å²) in [7, 11) is 0. The van der Waals surface area contributed by atoms with Crippen LogP contribution in [0.15, 0.2) is 47.8 Å². The predicted octanol–water partition coefficient (Wildman–Crippen LogP) is 3.78. The Morgan fingerprint density at radius 2 is 2.07 bits per heavy atom. The van der Waals surface area contributed by atoms with Crippen LogP contribution in [0.2, 0.25) is 0 Å². The molecule has 4 rings (SSSR count). The molecule has 0 fully saturated rings. The number of nitrogens with zero attached hydrogens (tertiary/aromatic N) is 2. The highest BCUT2D eigenvalue weighted by Gasteiger charge is 2.28. The van der Waals surface area contributed by atoms with Crippen molar-refractivity contribution < 1.29 is 9.59 Å². The van der Waals surface area contributed by atoms with Gasteiger partial charge in [-0.2, -0.15) is 0 Å². The standard InChI is InChI=1S/C22H23N3O2S/c1-2-5-19(22(27)25-12-10-20-16(14-25)11-13-28-20)24-21(26)18-9-8-15-6-3-4-7-17(15)23-18/h3-4,6-9,11,13,19H,2,5,10,12,14H2,1H3,(H,24,26). The number of amides is 2. The van der Waals surface area contributed by atoms with E-state index in [9.17, 15) is 9.59 Å². The molecule has 144 valence electrons. The number of para-hydroxylation sites is 1. The lowest BCUT2D eigenvalue weighted by Crippen LogP contribution is -2.49. The zero-order valence-electron chi connectivity index (χ0n) is 15.9. The second-order valence-corrected chi connectivity index (χ2v) is 8.08. The van der Waals surface area contributed by atoms with Crippen molar-refractivity contribution in [3.8, 4) is 0 Å². The fraction of sp³-hybridized carbons (Fsp3) is 0.318. The van der Waals surface area contributed by atoms with Gasteiger partial charge >= 0.3 is 0 Å². The molecular formula is C22H23N3O2S. The number of carbonyl (C=O) groups excluding carboxylic acids is 2. The summed E-state index contributed by atoms with van der Waals surface area (Å²) in [6.45, 7) is 3.35. The van der Waals surface area contributed by atoms with E-state index < -0.39 is 6.04 Å². The van der Waals surface area contributed by atoms with Gasteiger partial charge in [-0.1, -0.05) is 37.6 Å². The van der Waals surface area contributed by atoms with Gasteiger partial charge in [-0.05, 0) is 42.0 Å². The summed E-state index contributed by atoms with van der Waals surface area (Å²) >= 11 is 1.75. The minimum absolute atomic E-state index is 0.00663. The van der Waals surface area contributed by atoms with Crippen molar-refractivity contribution in [1.29, 1.82) is 0 Å². The van der Waals surface area contributed by atoms with Crippen LogP contribution in [0.25, 0.3) is 10.9 Å². The topological polar surface area (TPSA) is 62.3 Å². The number of hydrogen-bond acceptors (Lipinski definition) is 4. The van der Waals surface area contributed by atoms with Crippen LogP contribution in [0, 0.1) is 0 Å². The molecule has 0 aliphatic carbocycles. The number of hydrogen-bond donors (Lipinski definition) is 1. The quantitative estimate of drug-likeness (QED) is 0.718. The highest BCUT2D eigenvalue weighted by Crippen LogP contribution is 2.24. The van der Waals surface area contributed by atoms with E-state index in [4.69, 9.17) is 0 Å². The van der Waals surface area contributed by atoms with Crippen LogP contribution in [-0.2, 0) is 17.8 Å². The SMILES string of the molecule is CCCC(NC(=O)c1ccc2ccccc2n1)C(=O)N1CCc2sccc2C1. The van der Waals surface area contributed by atoms with Gasteiger partial charge in [-0.15, -0.1) is 11.3 Å². The molecular weight excluding hydrogens is 370 g/mol. The molecule has 0 bridgehead atoms. The van der Waals surface area contributed by atoms with E-state index in [0.29, 0.717) is 25.2 Å². The first-order chi connectivity index (χ1) is 13.7. The van der Waals surface area contributed by atoms with Crippen LogP contribution in [0.3, 0.4) is 0 Å². The maximum absolute atomic E-state index is 13.1. The number of thiophene rings is 1. The Bertz CT molecular complexity index is 1010. The molecule has 0 radical (unpaired) electrons. The lowest BCUT2D eigenvalue weighted by atomic mass is 10.1. The van der Waals surface area contributed by atoms with Crippen molar-refractivity contribution in [2.45, 2.75) is 38.8 Å². The summed E-state index contributed by atoms with van der Waals surface area (Å²) in [5.41, 5.74) is 2.34. The number of rotatable bonds is 5. The van der Waals surface area contributed by atoms with Crippen molar-refractivity contribution in [3.63, 3.8) is 0 Å². The lowest BCUT2D eigenvalue weighted by molar-refractivity contribution is -0.134. The minimum Gasteiger partial charge on any atom is -0.339 e. The highest BCUT2D eigenvalue weighted by molar-refractivity contribution is 7.10. The van der Waals surface area contributed by atoms with Gasteiger partial charge in [0.25, 0.3) is 5.91 Å². The van der Waals surface area contributed by atoms with Crippen LogP contribution in [0.1, 0.15) is 40.7 Å². The Morgan fingerprint density at radius 1 is 1.21 bits per heavy atom. The number of nitrogens with one attached hydrogen (secondary N) is 1. The van der Waals surface area contributed by atoms with E-state index in [-0.39, 0.29) is 11.8 Å². The second-order valence-electron chi connectivity index (χ2n) is 7.08. The van der Waals surface area contributed by atoms with E-state index in [1.54, 1.807) is 17.4 Å². The zero-order chi connectivity index (χ0) is 19.5. The Labute approximate surface area is 168 Å². The van der Waals surface area contributed by atoms with Crippen LogP contribution in [0.5, 0.6) is 0 Å². The summed E-state index contributed by atoms with van der Waals surface area (Å²) in [5.74, 6) is -0.307. The van der Waals surface area contributed by atoms with E-state index in [2.05, 4.69) is 21.7 Å². The Morgan fingerprint density at radius 3 is 2.93 bits per heavy atom. The third kappa shape index (κ3) is 3.78. The summed E-state index contributed by atoms with van der Waals surface area (Å²) in [6, 6.07) is 12.8. The number of aromatic nitrogens is 1. The fourth-order valence-corrected chi connectivity index (χ4v) is 4.52. The molecule has 1 unspecified atom stereocenters. The highest BCUT2D eigenvalue weighted by atomic mass is 32.1. The maximum Gasteiger partial charge on any atom is 0.270 e. The molecule has 1 atom stereocenters. The number of pyridine rings is 1. The van der Waals surface area contributed by atoms with E-state index in [1.807, 2.05) is 42.2 Å². The largest absolute Gasteiger partial charge is 0.339 e. The van der Waals surface area contributed by atoms with Crippen molar-refractivity contribution in [3.05, 3.63) is 64.0 Å². The summed E-state index contributed by atoms with van der Waals surface area (Å²) < 4.78 is 0. The fourth-order valence-electron chi connectivity index (χ4n) is 3.63. The lowest BCUT2D eigenvalue weighted by Gasteiger charge is -2.30. The van der Waals surface area contributed by atoms with Gasteiger partial charge in [-0.25, -0.2) is 4.98 Å². The molecule has 1 N–H and O–H groups in total. The third-order valence-electron chi connectivity index (χ3n) is 5.13. The third-order valence-corrected chi connectivity index (χ3v) is 6.15. The van der Waals surface area contributed by atoms with E-state index in [0.717, 1.165) is 23.7 Å². The van der Waals surface area contributed by atoms with Crippen molar-refractivity contribution >= 4 is 34.1 Å². The molecule has 1 aromatic carbocycles. The van der Waals surface area contributed by atoms with Gasteiger partial charge in [0, 0.05) is 23.4 Å². The molecule has 3 heterocycles. The minimum atomic E-state index is -0.522. The van der Waals surface area contributed by atoms with Crippen LogP contribution < -0.4 is 5.32 Å². The molecule has 28 heavy (non-hydrogen) atoms. The number of carbonyl (C=O) groups is 2. The molecule has 0 spiro atoms. The molecule has 1 aliphatic rings. The molecule has 1 aliphatic heterocycles. The van der Waals surface area contributed by atoms with E-state index in [1.165, 1.54) is 10.4 Å². The average molecular weight is 394 g/mol. The van der Waals surface area contributed by atoms with Crippen molar-refractivity contribution in [2.75, 3.05) is 6.54 Å². The zero-order valence-corrected chi connectivity index (χ0v) is 16.7. The molecule has 0 saturated carbocycles. The van der Waals surface area contributed by atoms with Gasteiger partial charge < -0.3 is 10.2 Å². The first-order valence-electron chi connectivity index (χ1n) is 9.66. The molecule has 5 nitrogen and oxygen atoms in total. The van der Waals surface area contributed by atoms with Gasteiger partial charge in [0.05, 0.1) is 5.52 Å². The summed E-state index contributed by atoms with van der Waals surface area (Å²) in [5, 5.41) is 5.99. The normalized spacial score (nSPS) is 14.5. The average Bonchev–Trinajstić information content (AvgIpc) is 3.20. The van der Waals surface area contributed by atoms with Crippen molar-refractivity contribution in [1.82, 2.24) is 15.2 Å². The smallest absolute Gasteiger partial charge is 0.270 e. The molecule has 2 aromatic heterocycles. The Kier molecular flexibility index (Phi) is 5.39. The van der Waals surface area contributed by atoms with Gasteiger partial charge in [0.15, 0.2) is 0 Å². The number of fused-ring (bicyclic) bond motifs is 2. The predicted molar refractivity (Wildman–Crippen MR) is 111 cm³/mol. The molecule has 6 heteroatoms. The van der Waals surface area contributed by atoms with Gasteiger partial charge in [-0.3, -0.25) is 9.59 Å². The van der Waals surface area contributed by atoms with Crippen LogP contribution >= 0.6 is 11.3 Å². The molecule has 0 saturated heterocycles. The van der Waals surface area contributed by atoms with Crippen molar-refractivity contribution in [2.24, 2.45) is 0 Å². The van der Waals surface area contributed by atoms with Crippen LogP contribution in [-0.4, -0.2) is 34.3 Å². The van der Waals surface area contributed by atoms with Gasteiger partial charge in [0.1, 0.15) is 11.7 Å². The first-order valence-corrected chi connectivity index (χ1v) is 10.5. The van der Waals surface area contributed by atoms with E-state index >= 15 is 0 Å². The Hall–Kier alpha value is -2.73. The monoisotopic (exact) mass is 393 g/mol. The molecule has 2 amide bonds. The first kappa shape index (κ1) is 18.6. The maximum atomic E-state index is 13.1. The van der Waals surface area contributed by atoms with Crippen LogP contribution in [0.4, 0.5) is 0 Å². The summed E-state index contributed by atoms with van der Waals surface area (Å²) in [6.07, 6.45) is 2.32. The molecule has 3 aromatic rings. The Balaban J connectivity index is 1.49. The number of benzene rings is 1. The summed E-state index contributed by atoms with van der Waals surface area (Å²) in [4.78, 5) is 33.5. The second kappa shape index (κ2) is 8.10.